The number of non-ortho nitro benzene ring substituents is 1. The Balaban J connectivity index is 2.32. The van der Waals surface area contributed by atoms with Crippen LogP contribution in [0.5, 0.6) is 0 Å². The van der Waals surface area contributed by atoms with Crippen molar-refractivity contribution in [1.29, 1.82) is 0 Å². The van der Waals surface area contributed by atoms with E-state index in [4.69, 9.17) is 0 Å². The zero-order valence-electron chi connectivity index (χ0n) is 16.5. The Morgan fingerprint density at radius 3 is 2.59 bits per heavy atom. The molecule has 1 aromatic heterocycles. The summed E-state index contributed by atoms with van der Waals surface area (Å²) in [4.78, 5) is 27.4. The molecule has 2 N–H and O–H groups in total. The molecule has 3 atom stereocenters. The molecular weight excluding hydrogens is 370 g/mol. The molecule has 0 spiro atoms. The molecule has 1 aliphatic rings. The molecule has 1 aromatic carbocycles. The number of aromatic nitrogens is 1. The minimum absolute atomic E-state index is 0.0651. The molecule has 0 aliphatic carbocycles. The highest BCUT2D eigenvalue weighted by atomic mass is 16.6. The van der Waals surface area contributed by atoms with Gasteiger partial charge in [0.05, 0.1) is 16.4 Å². The van der Waals surface area contributed by atoms with Crippen LogP contribution in [-0.2, 0) is 4.79 Å². The summed E-state index contributed by atoms with van der Waals surface area (Å²) >= 11 is 0. The van der Waals surface area contributed by atoms with Crippen molar-refractivity contribution in [3.8, 4) is 0 Å². The number of carboxylic acid groups (broad SMARTS) is 1. The second-order valence-corrected chi connectivity index (χ2v) is 7.33. The van der Waals surface area contributed by atoms with E-state index < -0.39 is 28.3 Å². The van der Waals surface area contributed by atoms with Crippen molar-refractivity contribution < 1.29 is 14.8 Å². The molecule has 2 aromatic rings. The van der Waals surface area contributed by atoms with Crippen LogP contribution in [-0.4, -0.2) is 26.5 Å². The van der Waals surface area contributed by atoms with Gasteiger partial charge in [0.25, 0.3) is 5.69 Å². The Labute approximate surface area is 168 Å². The highest BCUT2D eigenvalue weighted by Gasteiger charge is 2.49. The summed E-state index contributed by atoms with van der Waals surface area (Å²) in [5, 5.41) is 24.9. The van der Waals surface area contributed by atoms with Gasteiger partial charge < -0.3 is 10.4 Å². The van der Waals surface area contributed by atoms with E-state index in [-0.39, 0.29) is 5.69 Å². The monoisotopic (exact) mass is 393 g/mol. The van der Waals surface area contributed by atoms with Crippen LogP contribution >= 0.6 is 0 Å². The van der Waals surface area contributed by atoms with Gasteiger partial charge in [0.1, 0.15) is 0 Å². The first-order valence-corrected chi connectivity index (χ1v) is 9.29. The number of nitrogens with zero attached hydrogens (tertiary/aromatic N) is 2. The SMILES string of the molecule is CC=CC1(C)NC(C)=C(c2ccncc2)C(c2cccc([N+](=O)[O-])c2)C1C(=O)O. The molecule has 3 unspecified atom stereocenters. The number of pyridine rings is 1. The van der Waals surface area contributed by atoms with E-state index in [0.29, 0.717) is 5.56 Å². The Bertz CT molecular complexity index is 1000. The summed E-state index contributed by atoms with van der Waals surface area (Å²) in [5.41, 5.74) is 2.11. The molecule has 150 valence electrons. The van der Waals surface area contributed by atoms with Crippen molar-refractivity contribution in [3.63, 3.8) is 0 Å². The van der Waals surface area contributed by atoms with Gasteiger partial charge in [-0.25, -0.2) is 0 Å². The number of carboxylic acids is 1. The number of rotatable bonds is 5. The Kier molecular flexibility index (Phi) is 5.50. The number of hydrogen-bond donors (Lipinski definition) is 2. The van der Waals surface area contributed by atoms with E-state index in [1.54, 1.807) is 24.5 Å². The van der Waals surface area contributed by atoms with Gasteiger partial charge >= 0.3 is 5.97 Å². The number of benzene rings is 1. The van der Waals surface area contributed by atoms with E-state index in [1.165, 1.54) is 12.1 Å². The van der Waals surface area contributed by atoms with Crippen LogP contribution < -0.4 is 5.32 Å². The lowest BCUT2D eigenvalue weighted by molar-refractivity contribution is -0.384. The van der Waals surface area contributed by atoms with Crippen LogP contribution in [0.4, 0.5) is 5.69 Å². The number of aliphatic carboxylic acids is 1. The van der Waals surface area contributed by atoms with E-state index in [2.05, 4.69) is 10.3 Å². The van der Waals surface area contributed by atoms with Crippen molar-refractivity contribution in [3.05, 3.63) is 87.9 Å². The maximum atomic E-state index is 12.5. The number of nitro groups is 1. The molecule has 3 rings (SSSR count). The van der Waals surface area contributed by atoms with Crippen LogP contribution in [0.2, 0.25) is 0 Å². The quantitative estimate of drug-likeness (QED) is 0.449. The van der Waals surface area contributed by atoms with Crippen LogP contribution in [0, 0.1) is 16.0 Å². The molecule has 1 aliphatic heterocycles. The van der Waals surface area contributed by atoms with Gasteiger partial charge in [0.2, 0.25) is 0 Å². The number of carbonyl (C=O) groups is 1. The third-order valence-electron chi connectivity index (χ3n) is 5.36. The standard InChI is InChI=1S/C22H23N3O4/c1-4-10-22(3)20(21(26)27)19(16-6-5-7-17(13-16)25(28)29)18(14(2)24-22)15-8-11-23-12-9-15/h4-13,19-20,24H,1-3H3,(H,26,27). The first-order valence-electron chi connectivity index (χ1n) is 9.29. The zero-order chi connectivity index (χ0) is 21.2. The lowest BCUT2D eigenvalue weighted by Crippen LogP contribution is -2.55. The predicted molar refractivity (Wildman–Crippen MR) is 110 cm³/mol. The summed E-state index contributed by atoms with van der Waals surface area (Å²) in [7, 11) is 0. The molecule has 7 heteroatoms. The number of nitro benzene ring substituents is 1. The van der Waals surface area contributed by atoms with Gasteiger partial charge in [-0.1, -0.05) is 24.3 Å². The molecule has 2 heterocycles. The van der Waals surface area contributed by atoms with E-state index in [1.807, 2.05) is 45.1 Å². The summed E-state index contributed by atoms with van der Waals surface area (Å²) in [6, 6.07) is 9.87. The molecule has 0 saturated carbocycles. The van der Waals surface area contributed by atoms with E-state index >= 15 is 0 Å². The largest absolute Gasteiger partial charge is 0.481 e. The normalized spacial score (nSPS) is 24.4. The van der Waals surface area contributed by atoms with E-state index in [0.717, 1.165) is 16.8 Å². The third-order valence-corrected chi connectivity index (χ3v) is 5.36. The smallest absolute Gasteiger partial charge is 0.310 e. The van der Waals surface area contributed by atoms with Gasteiger partial charge in [-0.2, -0.15) is 0 Å². The Morgan fingerprint density at radius 2 is 2.00 bits per heavy atom. The highest BCUT2D eigenvalue weighted by Crippen LogP contribution is 2.48. The van der Waals surface area contributed by atoms with Crippen LogP contribution in [0.3, 0.4) is 0 Å². The van der Waals surface area contributed by atoms with Crippen molar-refractivity contribution in [2.24, 2.45) is 5.92 Å². The van der Waals surface area contributed by atoms with Gasteiger partial charge in [-0.15, -0.1) is 0 Å². The maximum Gasteiger partial charge on any atom is 0.310 e. The first-order chi connectivity index (χ1) is 13.8. The molecule has 0 amide bonds. The van der Waals surface area contributed by atoms with Gasteiger partial charge in [-0.05, 0) is 49.6 Å². The highest BCUT2D eigenvalue weighted by molar-refractivity contribution is 5.84. The van der Waals surface area contributed by atoms with Crippen molar-refractivity contribution >= 4 is 17.2 Å². The number of hydrogen-bond acceptors (Lipinski definition) is 5. The summed E-state index contributed by atoms with van der Waals surface area (Å²) in [6.45, 7) is 5.58. The molecule has 0 radical (unpaired) electrons. The number of nitrogens with one attached hydrogen (secondary N) is 1. The van der Waals surface area contributed by atoms with Crippen molar-refractivity contribution in [2.75, 3.05) is 0 Å². The van der Waals surface area contributed by atoms with Gasteiger partial charge in [0.15, 0.2) is 0 Å². The summed E-state index contributed by atoms with van der Waals surface area (Å²) in [5.74, 6) is -2.45. The van der Waals surface area contributed by atoms with Crippen LogP contribution in [0.15, 0.2) is 66.6 Å². The molecule has 0 saturated heterocycles. The molecular formula is C22H23N3O4. The molecule has 0 bridgehead atoms. The fourth-order valence-corrected chi connectivity index (χ4v) is 4.30. The fraction of sp³-hybridized carbons (Fsp3) is 0.273. The minimum atomic E-state index is -0.978. The predicted octanol–water partition coefficient (Wildman–Crippen LogP) is 4.14. The van der Waals surface area contributed by atoms with Crippen molar-refractivity contribution in [1.82, 2.24) is 10.3 Å². The lowest BCUT2D eigenvalue weighted by Gasteiger charge is -2.45. The molecule has 0 fully saturated rings. The Hall–Kier alpha value is -3.48. The summed E-state index contributed by atoms with van der Waals surface area (Å²) < 4.78 is 0. The van der Waals surface area contributed by atoms with Crippen LogP contribution in [0.1, 0.15) is 37.8 Å². The lowest BCUT2D eigenvalue weighted by atomic mass is 9.66. The molecule has 29 heavy (non-hydrogen) atoms. The second kappa shape index (κ2) is 7.87. The van der Waals surface area contributed by atoms with Crippen molar-refractivity contribution in [2.45, 2.75) is 32.2 Å². The molecule has 7 nitrogen and oxygen atoms in total. The summed E-state index contributed by atoms with van der Waals surface area (Å²) in [6.07, 6.45) is 6.95. The van der Waals surface area contributed by atoms with Gasteiger partial charge in [0, 0.05) is 36.1 Å². The number of allylic oxidation sites excluding steroid dienone is 3. The van der Waals surface area contributed by atoms with Crippen LogP contribution in [0.25, 0.3) is 5.57 Å². The van der Waals surface area contributed by atoms with E-state index in [9.17, 15) is 20.0 Å². The van der Waals surface area contributed by atoms with Gasteiger partial charge in [-0.3, -0.25) is 19.9 Å². The second-order valence-electron chi connectivity index (χ2n) is 7.33. The minimum Gasteiger partial charge on any atom is -0.481 e. The topological polar surface area (TPSA) is 105 Å². The Morgan fingerprint density at radius 1 is 1.31 bits per heavy atom. The average Bonchev–Trinajstić information content (AvgIpc) is 2.67. The maximum absolute atomic E-state index is 12.5. The fourth-order valence-electron chi connectivity index (χ4n) is 4.30. The average molecular weight is 393 g/mol. The third kappa shape index (κ3) is 3.76. The zero-order valence-corrected chi connectivity index (χ0v) is 16.5. The first kappa shape index (κ1) is 20.3.